The van der Waals surface area contributed by atoms with E-state index in [0.29, 0.717) is 0 Å². The predicted molar refractivity (Wildman–Crippen MR) is 30.5 cm³/mol. The van der Waals surface area contributed by atoms with Gasteiger partial charge in [0.1, 0.15) is 0 Å². The van der Waals surface area contributed by atoms with Crippen LogP contribution < -0.4 is 0 Å². The molecule has 3 nitrogen and oxygen atoms in total. The molecule has 4 heteroatoms. The van der Waals surface area contributed by atoms with E-state index in [1.165, 1.54) is 0 Å². The van der Waals surface area contributed by atoms with Crippen molar-refractivity contribution in [2.75, 3.05) is 6.79 Å². The van der Waals surface area contributed by atoms with E-state index in [1.54, 1.807) is 0 Å². The molecule has 0 spiro atoms. The van der Waals surface area contributed by atoms with E-state index in [0.717, 1.165) is 6.08 Å². The van der Waals surface area contributed by atoms with E-state index >= 15 is 0 Å². The fraction of sp³-hybridized carbons (Fsp3) is 0.250. The van der Waals surface area contributed by atoms with Gasteiger partial charge in [-0.2, -0.15) is 0 Å². The van der Waals surface area contributed by atoms with E-state index in [9.17, 15) is 4.79 Å². The van der Waals surface area contributed by atoms with Crippen molar-refractivity contribution in [1.29, 1.82) is 0 Å². The molecule has 0 aliphatic rings. The Morgan fingerprint density at radius 2 is 2.38 bits per heavy atom. The molecule has 8 heavy (non-hydrogen) atoms. The van der Waals surface area contributed by atoms with E-state index in [1.807, 2.05) is 0 Å². The number of aliphatic hydroxyl groups excluding tert-OH is 1. The molecule has 0 heterocycles. The number of hydrogen-bond acceptors (Lipinski definition) is 3. The third kappa shape index (κ3) is 6.17. The quantitative estimate of drug-likeness (QED) is 0.224. The van der Waals surface area contributed by atoms with Gasteiger partial charge >= 0.3 is 35.5 Å². The number of hydrogen-bond donors (Lipinski definition) is 1. The van der Waals surface area contributed by atoms with Crippen molar-refractivity contribution in [1.82, 2.24) is 0 Å². The van der Waals surface area contributed by atoms with Crippen LogP contribution in [0.1, 0.15) is 0 Å². The normalized spacial score (nSPS) is 6.62. The van der Waals surface area contributed by atoms with Crippen LogP contribution in [0.5, 0.6) is 0 Å². The average Bonchev–Trinajstić information content (AvgIpc) is 1.68. The van der Waals surface area contributed by atoms with Gasteiger partial charge < -0.3 is 9.84 Å². The van der Waals surface area contributed by atoms with Gasteiger partial charge in [0.25, 0.3) is 0 Å². The Morgan fingerprint density at radius 1 is 1.88 bits per heavy atom. The molecule has 0 rings (SSSR count). The van der Waals surface area contributed by atoms with Crippen molar-refractivity contribution < 1.29 is 14.6 Å². The van der Waals surface area contributed by atoms with E-state index < -0.39 is 12.8 Å². The fourth-order valence-corrected chi connectivity index (χ4v) is 0.123. The Labute approximate surface area is 69.6 Å². The van der Waals surface area contributed by atoms with Gasteiger partial charge in [-0.05, 0) is 0 Å². The first-order valence-electron chi connectivity index (χ1n) is 1.71. The second kappa shape index (κ2) is 7.17. The minimum absolute atomic E-state index is 0. The zero-order chi connectivity index (χ0) is 5.70. The van der Waals surface area contributed by atoms with Crippen molar-refractivity contribution in [3.63, 3.8) is 0 Å². The zero-order valence-corrected chi connectivity index (χ0v) is 3.76. The molecule has 0 unspecified atom stereocenters. The molecular formula is C4H7NaO3. The molecule has 0 radical (unpaired) electrons. The molecule has 1 N–H and O–H groups in total. The Balaban J connectivity index is 0. The first-order chi connectivity index (χ1) is 3.31. The van der Waals surface area contributed by atoms with Crippen molar-refractivity contribution >= 4 is 35.5 Å². The summed E-state index contributed by atoms with van der Waals surface area (Å²) in [6, 6.07) is 0. The summed E-state index contributed by atoms with van der Waals surface area (Å²) in [6.07, 6.45) is 0.982. The Bertz CT molecular complexity index is 81.4. The number of aliphatic hydroxyl groups is 1. The number of carbonyl (C=O) groups excluding carboxylic acids is 1. The molecule has 0 aromatic carbocycles. The van der Waals surface area contributed by atoms with Crippen molar-refractivity contribution in [2.45, 2.75) is 0 Å². The minimum atomic E-state index is -0.609. The standard InChI is InChI=1S/C4H6O3.Na.H/c1-2-4(6)7-3-5;;/h2,5H,1,3H2;;. The van der Waals surface area contributed by atoms with Crippen LogP contribution in [0.2, 0.25) is 0 Å². The predicted octanol–water partition coefficient (Wildman–Crippen LogP) is -0.983. The topological polar surface area (TPSA) is 46.5 Å². The van der Waals surface area contributed by atoms with Gasteiger partial charge in [-0.25, -0.2) is 4.79 Å². The number of carbonyl (C=O) groups is 1. The summed E-state index contributed by atoms with van der Waals surface area (Å²) in [5.41, 5.74) is 0. The summed E-state index contributed by atoms with van der Waals surface area (Å²) < 4.78 is 3.99. The van der Waals surface area contributed by atoms with Crippen LogP contribution in [0.25, 0.3) is 0 Å². The summed E-state index contributed by atoms with van der Waals surface area (Å²) in [4.78, 5) is 9.91. The summed E-state index contributed by atoms with van der Waals surface area (Å²) in [5.74, 6) is -0.609. The molecule has 0 bridgehead atoms. The van der Waals surface area contributed by atoms with E-state index in [4.69, 9.17) is 5.11 Å². The molecule has 0 amide bonds. The van der Waals surface area contributed by atoms with E-state index in [-0.39, 0.29) is 29.6 Å². The van der Waals surface area contributed by atoms with Gasteiger partial charge in [0.15, 0.2) is 6.79 Å². The fourth-order valence-electron chi connectivity index (χ4n) is 0.123. The van der Waals surface area contributed by atoms with Crippen molar-refractivity contribution in [3.05, 3.63) is 12.7 Å². The third-order valence-electron chi connectivity index (χ3n) is 0.373. The maximum atomic E-state index is 9.91. The number of ether oxygens (including phenoxy) is 1. The van der Waals surface area contributed by atoms with Gasteiger partial charge in [-0.1, -0.05) is 6.58 Å². The van der Waals surface area contributed by atoms with Gasteiger partial charge in [-0.15, -0.1) is 0 Å². The molecule has 0 saturated carbocycles. The molecule has 0 aromatic heterocycles. The second-order valence-electron chi connectivity index (χ2n) is 0.797. The SMILES string of the molecule is C=CC(=O)OCO.[NaH]. The number of rotatable bonds is 2. The van der Waals surface area contributed by atoms with Crippen molar-refractivity contribution in [2.24, 2.45) is 0 Å². The van der Waals surface area contributed by atoms with Crippen LogP contribution in [-0.2, 0) is 9.53 Å². The molecule has 0 aliphatic heterocycles. The average molecular weight is 126 g/mol. The molecule has 0 fully saturated rings. The first-order valence-corrected chi connectivity index (χ1v) is 1.71. The third-order valence-corrected chi connectivity index (χ3v) is 0.373. The number of esters is 1. The van der Waals surface area contributed by atoms with Crippen LogP contribution in [0.4, 0.5) is 0 Å². The molecule has 0 saturated heterocycles. The van der Waals surface area contributed by atoms with Crippen LogP contribution in [0, 0.1) is 0 Å². The Kier molecular flexibility index (Phi) is 9.89. The Hall–Kier alpha value is 0.170. The van der Waals surface area contributed by atoms with Crippen LogP contribution >= 0.6 is 0 Å². The first kappa shape index (κ1) is 11.0. The van der Waals surface area contributed by atoms with Crippen LogP contribution in [0.3, 0.4) is 0 Å². The second-order valence-corrected chi connectivity index (χ2v) is 0.797. The maximum absolute atomic E-state index is 9.91. The molecular weight excluding hydrogens is 119 g/mol. The molecule has 0 atom stereocenters. The Morgan fingerprint density at radius 3 is 2.50 bits per heavy atom. The molecule has 0 aliphatic carbocycles. The van der Waals surface area contributed by atoms with Gasteiger partial charge in [-0.3, -0.25) is 0 Å². The summed E-state index contributed by atoms with van der Waals surface area (Å²) in [7, 11) is 0. The summed E-state index contributed by atoms with van der Waals surface area (Å²) >= 11 is 0. The summed E-state index contributed by atoms with van der Waals surface area (Å²) in [5, 5.41) is 7.88. The molecule has 0 aromatic rings. The van der Waals surface area contributed by atoms with Crippen molar-refractivity contribution in [3.8, 4) is 0 Å². The van der Waals surface area contributed by atoms with E-state index in [2.05, 4.69) is 11.3 Å². The summed E-state index contributed by atoms with van der Waals surface area (Å²) in [6.45, 7) is 2.52. The van der Waals surface area contributed by atoms with Crippen LogP contribution in [0.15, 0.2) is 12.7 Å². The van der Waals surface area contributed by atoms with Crippen LogP contribution in [-0.4, -0.2) is 47.4 Å². The van der Waals surface area contributed by atoms with Gasteiger partial charge in [0.05, 0.1) is 0 Å². The monoisotopic (exact) mass is 126 g/mol. The van der Waals surface area contributed by atoms with Gasteiger partial charge in [0.2, 0.25) is 0 Å². The molecule has 42 valence electrons. The zero-order valence-electron chi connectivity index (χ0n) is 3.76. The van der Waals surface area contributed by atoms with Gasteiger partial charge in [0, 0.05) is 6.08 Å².